The molecule has 2 atom stereocenters. The number of hydrogen-bond donors (Lipinski definition) is 2. The molecule has 4 rings (SSSR count). The Balaban J connectivity index is 1.55. The summed E-state index contributed by atoms with van der Waals surface area (Å²) in [5, 5.41) is 22.4. The lowest BCUT2D eigenvalue weighted by Gasteiger charge is -2.50. The molecule has 1 aromatic heterocycles. The number of benzene rings is 1. The van der Waals surface area contributed by atoms with Crippen LogP contribution in [0.2, 0.25) is 0 Å². The van der Waals surface area contributed by atoms with Crippen LogP contribution in [0, 0.1) is 25.7 Å². The average Bonchev–Trinajstić information content (AvgIpc) is 2.93. The third-order valence-electron chi connectivity index (χ3n) is 6.03. The predicted octanol–water partition coefficient (Wildman–Crippen LogP) is 1.53. The summed E-state index contributed by atoms with van der Waals surface area (Å²) in [6.45, 7) is 4.14. The number of aromatic nitrogens is 1. The van der Waals surface area contributed by atoms with Gasteiger partial charge in [-0.2, -0.15) is 0 Å². The van der Waals surface area contributed by atoms with Crippen molar-refractivity contribution in [1.29, 1.82) is 0 Å². The number of ether oxygens (including phenoxy) is 3. The summed E-state index contributed by atoms with van der Waals surface area (Å²) in [7, 11) is 0. The van der Waals surface area contributed by atoms with Gasteiger partial charge in [-0.15, -0.1) is 0 Å². The zero-order chi connectivity index (χ0) is 24.3. The molecule has 34 heavy (non-hydrogen) atoms. The van der Waals surface area contributed by atoms with Crippen LogP contribution < -0.4 is 4.74 Å². The second kappa shape index (κ2) is 9.43. The van der Waals surface area contributed by atoms with Crippen molar-refractivity contribution in [2.75, 3.05) is 13.2 Å². The van der Waals surface area contributed by atoms with Crippen LogP contribution in [-0.2, 0) is 24.7 Å². The maximum Gasteiger partial charge on any atom is 0.389 e. The SMILES string of the molecule is Cc1ccc(OCC[C@H](O)N2CCC(O)(c3ccncc3)CC23OC(=O)C#CC(=O)O3)c(C)c1. The highest BCUT2D eigenvalue weighted by Gasteiger charge is 2.57. The van der Waals surface area contributed by atoms with E-state index in [4.69, 9.17) is 14.2 Å². The standard InChI is InChI=1S/C25H26N2O7/c1-17-3-4-20(18(2)15-17)32-14-9-21(28)27-13-10-24(31,19-7-11-26-12-8-19)16-25(27)33-22(29)5-6-23(30)34-25/h3-4,7-8,11-12,15,21,28,31H,9-10,13-14,16H2,1-2H3/t21-,24?/m0/s1. The summed E-state index contributed by atoms with van der Waals surface area (Å²) < 4.78 is 16.7. The number of aliphatic hydroxyl groups is 2. The van der Waals surface area contributed by atoms with Crippen molar-refractivity contribution >= 4 is 11.9 Å². The monoisotopic (exact) mass is 466 g/mol. The summed E-state index contributed by atoms with van der Waals surface area (Å²) >= 11 is 0. The molecule has 3 heterocycles. The minimum atomic E-state index is -2.06. The van der Waals surface area contributed by atoms with E-state index in [1.165, 1.54) is 17.3 Å². The fourth-order valence-corrected chi connectivity index (χ4v) is 4.36. The number of aliphatic hydroxyl groups excluding tert-OH is 1. The maximum absolute atomic E-state index is 12.2. The van der Waals surface area contributed by atoms with E-state index in [2.05, 4.69) is 16.8 Å². The lowest BCUT2D eigenvalue weighted by molar-refractivity contribution is -0.341. The largest absolute Gasteiger partial charge is 0.493 e. The molecule has 9 heteroatoms. The summed E-state index contributed by atoms with van der Waals surface area (Å²) in [6, 6.07) is 9.06. The Labute approximate surface area is 197 Å². The molecule has 1 fully saturated rings. The lowest BCUT2D eigenvalue weighted by Crippen LogP contribution is -2.65. The molecule has 2 aromatic rings. The Kier molecular flexibility index (Phi) is 6.57. The molecule has 2 N–H and O–H groups in total. The first-order valence-electron chi connectivity index (χ1n) is 11.0. The van der Waals surface area contributed by atoms with E-state index >= 15 is 0 Å². The number of nitrogens with zero attached hydrogens (tertiary/aromatic N) is 2. The fraction of sp³-hybridized carbons (Fsp3) is 0.400. The number of rotatable bonds is 6. The van der Waals surface area contributed by atoms with Gasteiger partial charge in [0.25, 0.3) is 0 Å². The van der Waals surface area contributed by atoms with E-state index in [0.717, 1.165) is 11.1 Å². The van der Waals surface area contributed by atoms with Crippen molar-refractivity contribution in [2.24, 2.45) is 0 Å². The van der Waals surface area contributed by atoms with Gasteiger partial charge in [0.2, 0.25) is 0 Å². The number of pyridine rings is 1. The van der Waals surface area contributed by atoms with Crippen molar-refractivity contribution in [3.63, 3.8) is 0 Å². The van der Waals surface area contributed by atoms with Gasteiger partial charge in [0.15, 0.2) is 0 Å². The van der Waals surface area contributed by atoms with E-state index in [9.17, 15) is 19.8 Å². The Bertz CT molecular complexity index is 1120. The van der Waals surface area contributed by atoms with Crippen molar-refractivity contribution in [1.82, 2.24) is 9.88 Å². The normalized spacial score (nSPS) is 22.7. The van der Waals surface area contributed by atoms with Crippen LogP contribution >= 0.6 is 0 Å². The summed E-state index contributed by atoms with van der Waals surface area (Å²) in [4.78, 5) is 29.8. The van der Waals surface area contributed by atoms with E-state index in [1.54, 1.807) is 12.1 Å². The Morgan fingerprint density at radius 2 is 1.82 bits per heavy atom. The molecule has 0 radical (unpaired) electrons. The lowest BCUT2D eigenvalue weighted by atomic mass is 9.82. The molecular weight excluding hydrogens is 440 g/mol. The maximum atomic E-state index is 12.2. The van der Waals surface area contributed by atoms with Gasteiger partial charge in [0.1, 0.15) is 12.0 Å². The van der Waals surface area contributed by atoms with Crippen LogP contribution in [0.3, 0.4) is 0 Å². The van der Waals surface area contributed by atoms with Crippen molar-refractivity contribution < 1.29 is 34.0 Å². The first kappa shape index (κ1) is 23.7. The second-order valence-corrected chi connectivity index (χ2v) is 8.52. The Hall–Kier alpha value is -3.45. The Morgan fingerprint density at radius 3 is 2.47 bits per heavy atom. The first-order valence-corrected chi connectivity index (χ1v) is 11.0. The number of likely N-dealkylation sites (tertiary alicyclic amines) is 1. The highest BCUT2D eigenvalue weighted by atomic mass is 16.8. The molecule has 0 aliphatic carbocycles. The third-order valence-corrected chi connectivity index (χ3v) is 6.03. The average molecular weight is 466 g/mol. The minimum Gasteiger partial charge on any atom is -0.493 e. The molecule has 1 spiro atoms. The number of esters is 2. The van der Waals surface area contributed by atoms with Crippen molar-refractivity contribution in [2.45, 2.75) is 50.8 Å². The molecular formula is C25H26N2O7. The van der Waals surface area contributed by atoms with Gasteiger partial charge in [-0.25, -0.2) is 14.5 Å². The summed E-state index contributed by atoms with van der Waals surface area (Å²) in [5.74, 6) is 0.769. The molecule has 0 bridgehead atoms. The summed E-state index contributed by atoms with van der Waals surface area (Å²) in [5.41, 5.74) is 1.10. The minimum absolute atomic E-state index is 0.0596. The Morgan fingerprint density at radius 1 is 1.15 bits per heavy atom. The van der Waals surface area contributed by atoms with Gasteiger partial charge in [-0.3, -0.25) is 4.98 Å². The summed E-state index contributed by atoms with van der Waals surface area (Å²) in [6.07, 6.45) is 1.84. The zero-order valence-electron chi connectivity index (χ0n) is 19.0. The van der Waals surface area contributed by atoms with Gasteiger partial charge in [-0.1, -0.05) is 17.7 Å². The molecule has 0 saturated carbocycles. The van der Waals surface area contributed by atoms with E-state index in [0.29, 0.717) is 11.3 Å². The van der Waals surface area contributed by atoms with Gasteiger partial charge < -0.3 is 24.4 Å². The molecule has 1 aromatic carbocycles. The van der Waals surface area contributed by atoms with Gasteiger partial charge in [0, 0.05) is 37.2 Å². The number of piperidine rings is 1. The van der Waals surface area contributed by atoms with Crippen LogP contribution in [0.15, 0.2) is 42.7 Å². The molecule has 9 nitrogen and oxygen atoms in total. The van der Waals surface area contributed by atoms with Gasteiger partial charge in [0.05, 0.1) is 18.6 Å². The zero-order valence-corrected chi connectivity index (χ0v) is 19.0. The number of carbonyl (C=O) groups is 2. The molecule has 2 aliphatic rings. The molecule has 178 valence electrons. The number of aryl methyl sites for hydroxylation is 2. The van der Waals surface area contributed by atoms with Crippen LogP contribution in [0.4, 0.5) is 0 Å². The van der Waals surface area contributed by atoms with Crippen LogP contribution in [0.5, 0.6) is 5.75 Å². The molecule has 0 amide bonds. The second-order valence-electron chi connectivity index (χ2n) is 8.52. The molecule has 1 unspecified atom stereocenters. The van der Waals surface area contributed by atoms with Crippen LogP contribution in [-0.4, -0.2) is 57.3 Å². The number of carbonyl (C=O) groups excluding carboxylic acids is 2. The van der Waals surface area contributed by atoms with Gasteiger partial charge >= 0.3 is 17.8 Å². The van der Waals surface area contributed by atoms with E-state index in [1.807, 2.05) is 32.0 Å². The van der Waals surface area contributed by atoms with Crippen LogP contribution in [0.25, 0.3) is 0 Å². The van der Waals surface area contributed by atoms with Crippen LogP contribution in [0.1, 0.15) is 36.0 Å². The van der Waals surface area contributed by atoms with Gasteiger partial charge in [-0.05, 0) is 49.6 Å². The number of hydrogen-bond acceptors (Lipinski definition) is 9. The third kappa shape index (κ3) is 4.89. The fourth-order valence-electron chi connectivity index (χ4n) is 4.36. The smallest absolute Gasteiger partial charge is 0.389 e. The van der Waals surface area contributed by atoms with Crippen molar-refractivity contribution in [3.8, 4) is 17.6 Å². The highest BCUT2D eigenvalue weighted by Crippen LogP contribution is 2.44. The highest BCUT2D eigenvalue weighted by molar-refractivity contribution is 5.99. The quantitative estimate of drug-likeness (QED) is 0.371. The molecule has 2 aliphatic heterocycles. The topological polar surface area (TPSA) is 118 Å². The predicted molar refractivity (Wildman–Crippen MR) is 119 cm³/mol. The first-order chi connectivity index (χ1) is 16.2. The van der Waals surface area contributed by atoms with E-state index in [-0.39, 0.29) is 32.4 Å². The van der Waals surface area contributed by atoms with Crippen molar-refractivity contribution in [3.05, 3.63) is 59.4 Å². The van der Waals surface area contributed by atoms with E-state index < -0.39 is 29.7 Å². The molecule has 1 saturated heterocycles.